The Balaban J connectivity index is 2.51. The van der Waals surface area contributed by atoms with Gasteiger partial charge in [-0.2, -0.15) is 4.31 Å². The van der Waals surface area contributed by atoms with Gasteiger partial charge in [-0.1, -0.05) is 17.7 Å². The Morgan fingerprint density at radius 3 is 2.25 bits per heavy atom. The molecule has 180 valence electrons. The summed E-state index contributed by atoms with van der Waals surface area (Å²) in [6.07, 6.45) is 0.481. The minimum Gasteiger partial charge on any atom is -0.480 e. The molecule has 0 radical (unpaired) electrons. The van der Waals surface area contributed by atoms with Gasteiger partial charge in [-0.15, -0.1) is 0 Å². The minimum atomic E-state index is -3.88. The number of rotatable bonds is 11. The molecule has 32 heavy (non-hydrogen) atoms. The number of likely N-dealkylation sites (N-methyl/N-ethyl adjacent to an activating group) is 1. The number of unbranched alkanes of at least 4 members (excludes halogenated alkanes) is 1. The van der Waals surface area contributed by atoms with Crippen LogP contribution in [0.4, 0.5) is 4.79 Å². The Bertz CT molecular complexity index is 893. The fourth-order valence-corrected chi connectivity index (χ4v) is 3.78. The van der Waals surface area contributed by atoms with E-state index in [1.54, 1.807) is 32.9 Å². The monoisotopic (exact) mass is 471 g/mol. The molecule has 0 aliphatic heterocycles. The van der Waals surface area contributed by atoms with Crippen LogP contribution in [0.3, 0.4) is 0 Å². The molecule has 3 N–H and O–H groups in total. The maximum atomic E-state index is 12.6. The molecular formula is C21H33N3O7S. The second-order valence-corrected chi connectivity index (χ2v) is 10.5. The van der Waals surface area contributed by atoms with Gasteiger partial charge in [0, 0.05) is 13.6 Å². The second kappa shape index (κ2) is 11.8. The molecule has 0 heterocycles. The zero-order valence-electron chi connectivity index (χ0n) is 19.2. The first kappa shape index (κ1) is 27.4. The van der Waals surface area contributed by atoms with E-state index in [4.69, 9.17) is 4.74 Å². The number of sulfonamides is 1. The van der Waals surface area contributed by atoms with Crippen LogP contribution in [0.2, 0.25) is 0 Å². The minimum absolute atomic E-state index is 0.0469. The summed E-state index contributed by atoms with van der Waals surface area (Å²) in [5.41, 5.74) is 0.290. The Morgan fingerprint density at radius 2 is 1.72 bits per heavy atom. The first-order valence-corrected chi connectivity index (χ1v) is 11.7. The van der Waals surface area contributed by atoms with Crippen LogP contribution in [-0.4, -0.2) is 67.6 Å². The second-order valence-electron chi connectivity index (χ2n) is 8.46. The summed E-state index contributed by atoms with van der Waals surface area (Å²) in [6.45, 7) is 6.85. The highest BCUT2D eigenvalue weighted by atomic mass is 32.2. The lowest BCUT2D eigenvalue weighted by molar-refractivity contribution is -0.142. The third-order valence-corrected chi connectivity index (χ3v) is 6.13. The zero-order valence-corrected chi connectivity index (χ0v) is 20.0. The summed E-state index contributed by atoms with van der Waals surface area (Å²) in [5.74, 6) is -1.94. The van der Waals surface area contributed by atoms with Crippen LogP contribution >= 0.6 is 0 Å². The average Bonchev–Trinajstić information content (AvgIpc) is 2.65. The molecule has 1 rings (SSSR count). The number of carboxylic acid groups (broad SMARTS) is 1. The van der Waals surface area contributed by atoms with E-state index >= 15 is 0 Å². The number of benzene rings is 1. The molecule has 2 amide bonds. The van der Waals surface area contributed by atoms with E-state index in [2.05, 4.69) is 10.6 Å². The van der Waals surface area contributed by atoms with Crippen molar-refractivity contribution in [1.82, 2.24) is 14.9 Å². The number of carbonyl (C=O) groups excluding carboxylic acids is 2. The molecule has 0 aliphatic carbocycles. The molecular weight excluding hydrogens is 438 g/mol. The fourth-order valence-electron chi connectivity index (χ4n) is 2.65. The number of nitrogens with zero attached hydrogens (tertiary/aromatic N) is 1. The Labute approximate surface area is 189 Å². The molecule has 0 saturated heterocycles. The molecule has 0 bridgehead atoms. The first-order chi connectivity index (χ1) is 14.7. The number of carbonyl (C=O) groups is 3. The Morgan fingerprint density at radius 1 is 1.12 bits per heavy atom. The standard InChI is InChI=1S/C21H33N3O7S/c1-15-9-11-16(12-10-15)32(29,30)24(5)14-18(25)23-17(19(26)27)8-6-7-13-22-20(28)31-21(2,3)4/h9-12,17H,6-8,13-14H2,1-5H3,(H,22,28)(H,23,25)(H,26,27)/t17-/m0/s1. The van der Waals surface area contributed by atoms with Gasteiger partial charge >= 0.3 is 12.1 Å². The van der Waals surface area contributed by atoms with E-state index in [0.717, 1.165) is 9.87 Å². The van der Waals surface area contributed by atoms with Crippen molar-refractivity contribution in [2.24, 2.45) is 0 Å². The molecule has 0 fully saturated rings. The lowest BCUT2D eigenvalue weighted by atomic mass is 10.1. The highest BCUT2D eigenvalue weighted by molar-refractivity contribution is 7.89. The molecule has 0 aromatic heterocycles. The van der Waals surface area contributed by atoms with Gasteiger partial charge in [-0.25, -0.2) is 18.0 Å². The average molecular weight is 472 g/mol. The largest absolute Gasteiger partial charge is 0.480 e. The van der Waals surface area contributed by atoms with Crippen molar-refractivity contribution in [3.8, 4) is 0 Å². The Hall–Kier alpha value is -2.66. The molecule has 0 saturated carbocycles. The van der Waals surface area contributed by atoms with E-state index in [0.29, 0.717) is 19.4 Å². The summed E-state index contributed by atoms with van der Waals surface area (Å²) < 4.78 is 31.1. The van der Waals surface area contributed by atoms with Crippen LogP contribution in [0.15, 0.2) is 29.2 Å². The predicted molar refractivity (Wildman–Crippen MR) is 119 cm³/mol. The van der Waals surface area contributed by atoms with Gasteiger partial charge in [0.1, 0.15) is 11.6 Å². The van der Waals surface area contributed by atoms with Crippen molar-refractivity contribution in [3.05, 3.63) is 29.8 Å². The molecule has 1 aromatic rings. The maximum absolute atomic E-state index is 12.6. The molecule has 1 atom stereocenters. The zero-order chi connectivity index (χ0) is 24.5. The number of carboxylic acids is 1. The smallest absolute Gasteiger partial charge is 0.407 e. The molecule has 11 heteroatoms. The van der Waals surface area contributed by atoms with E-state index in [1.165, 1.54) is 19.2 Å². The SMILES string of the molecule is Cc1ccc(S(=O)(=O)N(C)CC(=O)N[C@@H](CCCCNC(=O)OC(C)(C)C)C(=O)O)cc1. The van der Waals surface area contributed by atoms with E-state index in [-0.39, 0.29) is 11.3 Å². The van der Waals surface area contributed by atoms with Gasteiger partial charge in [0.25, 0.3) is 0 Å². The van der Waals surface area contributed by atoms with Crippen LogP contribution in [0.5, 0.6) is 0 Å². The van der Waals surface area contributed by atoms with Crippen molar-refractivity contribution in [2.45, 2.75) is 63.5 Å². The van der Waals surface area contributed by atoms with Gasteiger partial charge in [-0.05, 0) is 59.1 Å². The molecule has 1 aromatic carbocycles. The quantitative estimate of drug-likeness (QED) is 0.418. The topological polar surface area (TPSA) is 142 Å². The lowest BCUT2D eigenvalue weighted by Crippen LogP contribution is -2.46. The van der Waals surface area contributed by atoms with Crippen LogP contribution < -0.4 is 10.6 Å². The number of amides is 2. The lowest BCUT2D eigenvalue weighted by Gasteiger charge is -2.20. The van der Waals surface area contributed by atoms with Gasteiger partial charge < -0.3 is 20.5 Å². The van der Waals surface area contributed by atoms with E-state index in [9.17, 15) is 27.9 Å². The van der Waals surface area contributed by atoms with Gasteiger partial charge in [0.05, 0.1) is 11.4 Å². The third-order valence-electron chi connectivity index (χ3n) is 4.32. The van der Waals surface area contributed by atoms with Gasteiger partial charge in [0.2, 0.25) is 15.9 Å². The number of alkyl carbamates (subject to hydrolysis) is 1. The van der Waals surface area contributed by atoms with Gasteiger partial charge in [0.15, 0.2) is 0 Å². The van der Waals surface area contributed by atoms with E-state index in [1.807, 2.05) is 6.92 Å². The molecule has 0 spiro atoms. The molecule has 0 unspecified atom stereocenters. The van der Waals surface area contributed by atoms with Crippen molar-refractivity contribution < 1.29 is 32.6 Å². The molecule has 10 nitrogen and oxygen atoms in total. The number of aryl methyl sites for hydroxylation is 1. The fraction of sp³-hybridized carbons (Fsp3) is 0.571. The number of ether oxygens (including phenoxy) is 1. The number of nitrogens with one attached hydrogen (secondary N) is 2. The number of hydrogen-bond donors (Lipinski definition) is 3. The number of aliphatic carboxylic acids is 1. The highest BCUT2D eigenvalue weighted by Gasteiger charge is 2.25. The first-order valence-electron chi connectivity index (χ1n) is 10.2. The maximum Gasteiger partial charge on any atom is 0.407 e. The summed E-state index contributed by atoms with van der Waals surface area (Å²) in [6, 6.07) is 5.03. The van der Waals surface area contributed by atoms with Crippen LogP contribution in [0.25, 0.3) is 0 Å². The van der Waals surface area contributed by atoms with Gasteiger partial charge in [-0.3, -0.25) is 4.79 Å². The van der Waals surface area contributed by atoms with Crippen molar-refractivity contribution in [2.75, 3.05) is 20.1 Å². The molecule has 0 aliphatic rings. The summed E-state index contributed by atoms with van der Waals surface area (Å²) >= 11 is 0. The summed E-state index contributed by atoms with van der Waals surface area (Å²) in [4.78, 5) is 35.3. The predicted octanol–water partition coefficient (Wildman–Crippen LogP) is 1.88. The van der Waals surface area contributed by atoms with Crippen LogP contribution in [0, 0.1) is 6.92 Å². The summed E-state index contributed by atoms with van der Waals surface area (Å²) in [5, 5.41) is 14.3. The Kier molecular flexibility index (Phi) is 10.1. The van der Waals surface area contributed by atoms with Crippen LogP contribution in [-0.2, 0) is 24.3 Å². The highest BCUT2D eigenvalue weighted by Crippen LogP contribution is 2.15. The number of hydrogen-bond acceptors (Lipinski definition) is 6. The summed E-state index contributed by atoms with van der Waals surface area (Å²) in [7, 11) is -2.62. The normalized spacial score (nSPS) is 12.8. The van der Waals surface area contributed by atoms with Crippen molar-refractivity contribution in [3.63, 3.8) is 0 Å². The van der Waals surface area contributed by atoms with E-state index < -0.39 is 46.2 Å². The van der Waals surface area contributed by atoms with Crippen molar-refractivity contribution >= 4 is 28.0 Å². The van der Waals surface area contributed by atoms with Crippen molar-refractivity contribution in [1.29, 1.82) is 0 Å². The third kappa shape index (κ3) is 9.65. The van der Waals surface area contributed by atoms with Crippen LogP contribution in [0.1, 0.15) is 45.6 Å².